The van der Waals surface area contributed by atoms with E-state index in [-0.39, 0.29) is 18.6 Å². The molecule has 0 radical (unpaired) electrons. The molecule has 0 spiro atoms. The fourth-order valence-electron chi connectivity index (χ4n) is 4.27. The lowest BCUT2D eigenvalue weighted by Crippen LogP contribution is -2.36. The molecule has 0 unspecified atom stereocenters. The molecule has 0 saturated carbocycles. The zero-order valence-corrected chi connectivity index (χ0v) is 15.6. The molecule has 0 bridgehead atoms. The number of fused-ring (bicyclic) bond motifs is 2. The third kappa shape index (κ3) is 2.99. The monoisotopic (exact) mass is 378 g/mol. The number of anilines is 1. The van der Waals surface area contributed by atoms with E-state index in [0.717, 1.165) is 24.1 Å². The summed E-state index contributed by atoms with van der Waals surface area (Å²) in [7, 11) is 0. The van der Waals surface area contributed by atoms with Gasteiger partial charge in [0.25, 0.3) is 0 Å². The van der Waals surface area contributed by atoms with Crippen LogP contribution in [-0.2, 0) is 29.0 Å². The zero-order valence-electron chi connectivity index (χ0n) is 15.6. The number of carbonyl (C=O) groups excluding carboxylic acids is 2. The van der Waals surface area contributed by atoms with Gasteiger partial charge in [-0.1, -0.05) is 12.1 Å². The van der Waals surface area contributed by atoms with Crippen molar-refractivity contribution in [3.63, 3.8) is 0 Å². The van der Waals surface area contributed by atoms with Gasteiger partial charge >= 0.3 is 0 Å². The Morgan fingerprint density at radius 1 is 1.07 bits per heavy atom. The molecule has 0 aromatic heterocycles. The number of hydrogen-bond acceptors (Lipinski definition) is 4. The summed E-state index contributed by atoms with van der Waals surface area (Å²) in [5, 5.41) is 2.89. The molecule has 2 amide bonds. The molecule has 1 N–H and O–H groups in total. The largest absolute Gasteiger partial charge is 0.454 e. The van der Waals surface area contributed by atoms with Crippen LogP contribution in [0.1, 0.15) is 29.5 Å². The normalized spacial score (nSPS) is 19.8. The first-order chi connectivity index (χ1) is 13.7. The van der Waals surface area contributed by atoms with Crippen LogP contribution in [0.5, 0.6) is 11.5 Å². The van der Waals surface area contributed by atoms with Crippen LogP contribution >= 0.6 is 0 Å². The van der Waals surface area contributed by atoms with Crippen molar-refractivity contribution in [3.8, 4) is 11.5 Å². The van der Waals surface area contributed by atoms with Gasteiger partial charge in [-0.05, 0) is 66.6 Å². The van der Waals surface area contributed by atoms with E-state index in [4.69, 9.17) is 9.47 Å². The van der Waals surface area contributed by atoms with E-state index in [1.54, 1.807) is 4.90 Å². The number of benzene rings is 2. The number of hydrogen-bond donors (Lipinski definition) is 1. The number of ether oxygens (including phenoxy) is 2. The zero-order chi connectivity index (χ0) is 19.1. The summed E-state index contributed by atoms with van der Waals surface area (Å²) < 4.78 is 10.7. The van der Waals surface area contributed by atoms with Gasteiger partial charge in [0, 0.05) is 18.8 Å². The minimum atomic E-state index is -0.623. The summed E-state index contributed by atoms with van der Waals surface area (Å²) >= 11 is 0. The predicted octanol–water partition coefficient (Wildman–Crippen LogP) is 2.57. The highest BCUT2D eigenvalue weighted by Crippen LogP contribution is 2.33. The average molecular weight is 378 g/mol. The maximum Gasteiger partial charge on any atom is 0.239 e. The van der Waals surface area contributed by atoms with Crippen molar-refractivity contribution < 1.29 is 19.1 Å². The quantitative estimate of drug-likeness (QED) is 0.831. The number of amides is 2. The molecule has 1 aliphatic carbocycles. The molecule has 3 aliphatic rings. The number of carbonyl (C=O) groups is 2. The second-order valence-corrected chi connectivity index (χ2v) is 7.54. The molecule has 5 rings (SSSR count). The van der Waals surface area contributed by atoms with Crippen molar-refractivity contribution in [2.75, 3.05) is 18.2 Å². The van der Waals surface area contributed by atoms with Gasteiger partial charge in [0.1, 0.15) is 5.92 Å². The Labute approximate surface area is 163 Å². The first kappa shape index (κ1) is 17.1. The van der Waals surface area contributed by atoms with Crippen molar-refractivity contribution in [3.05, 3.63) is 53.1 Å². The minimum Gasteiger partial charge on any atom is -0.454 e. The first-order valence-electron chi connectivity index (χ1n) is 9.78. The van der Waals surface area contributed by atoms with Crippen LogP contribution in [0.4, 0.5) is 5.69 Å². The Kier molecular flexibility index (Phi) is 4.19. The van der Waals surface area contributed by atoms with Gasteiger partial charge in [-0.25, -0.2) is 0 Å². The highest BCUT2D eigenvalue weighted by atomic mass is 16.7. The van der Waals surface area contributed by atoms with E-state index < -0.39 is 5.92 Å². The highest BCUT2D eigenvalue weighted by molar-refractivity contribution is 6.09. The van der Waals surface area contributed by atoms with Gasteiger partial charge in [-0.15, -0.1) is 0 Å². The van der Waals surface area contributed by atoms with Crippen LogP contribution in [0.25, 0.3) is 0 Å². The minimum absolute atomic E-state index is 0.110. The SMILES string of the molecule is O=C(NCc1ccc2c(c1)OCO2)[C@@H]1CCN(c2ccc3c(c2)CCC3)C1=O. The first-order valence-corrected chi connectivity index (χ1v) is 9.78. The molecular weight excluding hydrogens is 356 g/mol. The van der Waals surface area contributed by atoms with E-state index in [1.807, 2.05) is 24.3 Å². The molecular formula is C22H22N2O4. The summed E-state index contributed by atoms with van der Waals surface area (Å²) in [5.74, 6) is 0.451. The maximum absolute atomic E-state index is 12.8. The molecule has 28 heavy (non-hydrogen) atoms. The maximum atomic E-state index is 12.8. The smallest absolute Gasteiger partial charge is 0.239 e. The van der Waals surface area contributed by atoms with Gasteiger partial charge in [-0.2, -0.15) is 0 Å². The Morgan fingerprint density at radius 3 is 2.86 bits per heavy atom. The third-order valence-corrected chi connectivity index (χ3v) is 5.82. The van der Waals surface area contributed by atoms with Gasteiger partial charge < -0.3 is 19.7 Å². The van der Waals surface area contributed by atoms with Crippen LogP contribution in [-0.4, -0.2) is 25.2 Å². The summed E-state index contributed by atoms with van der Waals surface area (Å²) in [5.41, 5.74) is 4.55. The lowest BCUT2D eigenvalue weighted by Gasteiger charge is -2.18. The molecule has 2 aromatic rings. The summed E-state index contributed by atoms with van der Waals surface area (Å²) in [6.07, 6.45) is 3.92. The van der Waals surface area contributed by atoms with Crippen LogP contribution < -0.4 is 19.7 Å². The summed E-state index contributed by atoms with van der Waals surface area (Å²) in [4.78, 5) is 27.2. The highest BCUT2D eigenvalue weighted by Gasteiger charge is 2.37. The lowest BCUT2D eigenvalue weighted by molar-refractivity contribution is -0.132. The lowest BCUT2D eigenvalue weighted by atomic mass is 10.1. The standard InChI is InChI=1S/C22H22N2O4/c25-21(23-12-14-4-7-19-20(10-14)28-13-27-19)18-8-9-24(22(18)26)17-6-5-15-2-1-3-16(15)11-17/h4-7,10-11,18H,1-3,8-9,12-13H2,(H,23,25)/t18-/m0/s1. The van der Waals surface area contributed by atoms with Crippen molar-refractivity contribution in [1.82, 2.24) is 5.32 Å². The topological polar surface area (TPSA) is 67.9 Å². The number of nitrogens with zero attached hydrogens (tertiary/aromatic N) is 1. The Balaban J connectivity index is 1.23. The molecule has 2 aromatic carbocycles. The molecule has 6 nitrogen and oxygen atoms in total. The molecule has 2 heterocycles. The van der Waals surface area contributed by atoms with Gasteiger partial charge in [0.2, 0.25) is 18.6 Å². The fraction of sp³-hybridized carbons (Fsp3) is 0.364. The van der Waals surface area contributed by atoms with Crippen LogP contribution in [0.2, 0.25) is 0 Å². The van der Waals surface area contributed by atoms with Crippen molar-refractivity contribution in [1.29, 1.82) is 0 Å². The third-order valence-electron chi connectivity index (χ3n) is 5.82. The summed E-state index contributed by atoms with van der Waals surface area (Å²) in [6.45, 7) is 1.16. The van der Waals surface area contributed by atoms with E-state index in [0.29, 0.717) is 31.0 Å². The van der Waals surface area contributed by atoms with Crippen molar-refractivity contribution in [2.45, 2.75) is 32.2 Å². The van der Waals surface area contributed by atoms with Gasteiger partial charge in [-0.3, -0.25) is 9.59 Å². The number of rotatable bonds is 4. The van der Waals surface area contributed by atoms with Crippen LogP contribution in [0, 0.1) is 5.92 Å². The fourth-order valence-corrected chi connectivity index (χ4v) is 4.27. The van der Waals surface area contributed by atoms with E-state index >= 15 is 0 Å². The van der Waals surface area contributed by atoms with Crippen LogP contribution in [0.15, 0.2) is 36.4 Å². The Bertz CT molecular complexity index is 956. The van der Waals surface area contributed by atoms with Gasteiger partial charge in [0.05, 0.1) is 0 Å². The van der Waals surface area contributed by atoms with Crippen LogP contribution in [0.3, 0.4) is 0 Å². The molecule has 2 aliphatic heterocycles. The predicted molar refractivity (Wildman–Crippen MR) is 103 cm³/mol. The second kappa shape index (κ2) is 6.86. The molecule has 1 atom stereocenters. The summed E-state index contributed by atoms with van der Waals surface area (Å²) in [6, 6.07) is 11.8. The second-order valence-electron chi connectivity index (χ2n) is 7.54. The Hall–Kier alpha value is -3.02. The van der Waals surface area contributed by atoms with E-state index in [1.165, 1.54) is 17.5 Å². The molecule has 144 valence electrons. The number of nitrogens with one attached hydrogen (secondary N) is 1. The average Bonchev–Trinajstić information content (AvgIpc) is 3.44. The molecule has 6 heteroatoms. The van der Waals surface area contributed by atoms with E-state index in [9.17, 15) is 9.59 Å². The van der Waals surface area contributed by atoms with Crippen molar-refractivity contribution in [2.24, 2.45) is 5.92 Å². The molecule has 1 fully saturated rings. The molecule has 1 saturated heterocycles. The Morgan fingerprint density at radius 2 is 1.93 bits per heavy atom. The van der Waals surface area contributed by atoms with Crippen molar-refractivity contribution >= 4 is 17.5 Å². The number of aryl methyl sites for hydroxylation is 2. The van der Waals surface area contributed by atoms with Gasteiger partial charge in [0.15, 0.2) is 11.5 Å². The van der Waals surface area contributed by atoms with E-state index in [2.05, 4.69) is 17.4 Å².